The minimum atomic E-state index is 0.717. The molecule has 0 aliphatic heterocycles. The first-order chi connectivity index (χ1) is 12.8. The second-order valence-corrected chi connectivity index (χ2v) is 8.39. The van der Waals surface area contributed by atoms with Crippen molar-refractivity contribution in [3.8, 4) is 0 Å². The number of hydrogen-bond acceptors (Lipinski definition) is 1. The van der Waals surface area contributed by atoms with E-state index in [1.807, 2.05) is 6.08 Å². The molecular weight excluding hydrogens is 316 g/mol. The molecule has 0 N–H and O–H groups in total. The molecule has 0 aromatic heterocycles. The highest BCUT2D eigenvalue weighted by Gasteiger charge is 2.30. The maximum atomic E-state index is 5.66. The van der Waals surface area contributed by atoms with Crippen molar-refractivity contribution < 1.29 is 4.74 Å². The minimum absolute atomic E-state index is 0.717. The summed E-state index contributed by atoms with van der Waals surface area (Å²) in [6.45, 7) is 9.20. The van der Waals surface area contributed by atoms with Crippen LogP contribution < -0.4 is 0 Å². The lowest BCUT2D eigenvalue weighted by Crippen LogP contribution is -2.25. The summed E-state index contributed by atoms with van der Waals surface area (Å²) in [4.78, 5) is 0. The number of hydrogen-bond donors (Lipinski definition) is 0. The molecule has 0 atom stereocenters. The van der Waals surface area contributed by atoms with Gasteiger partial charge in [0.2, 0.25) is 0 Å². The minimum Gasteiger partial charge on any atom is -0.376 e. The van der Waals surface area contributed by atoms with E-state index >= 15 is 0 Å². The quantitative estimate of drug-likeness (QED) is 0.360. The summed E-state index contributed by atoms with van der Waals surface area (Å²) >= 11 is 0. The molecule has 2 aliphatic rings. The SMILES string of the molecule is C=CCCOCc1ccc([C@H]2CC[C@H]([C@H]3CC[C@H](C=C)CC3)CC2)cc1. The molecule has 0 amide bonds. The molecular formula is C25H36O. The molecule has 1 nitrogen and oxygen atoms in total. The van der Waals surface area contributed by atoms with Crippen molar-refractivity contribution in [1.29, 1.82) is 0 Å². The lowest BCUT2D eigenvalue weighted by Gasteiger charge is -2.37. The van der Waals surface area contributed by atoms with Crippen molar-refractivity contribution in [2.75, 3.05) is 6.61 Å². The summed E-state index contributed by atoms with van der Waals surface area (Å²) in [6.07, 6.45) is 16.3. The first-order valence-corrected chi connectivity index (χ1v) is 10.7. The normalized spacial score (nSPS) is 29.2. The van der Waals surface area contributed by atoms with Crippen LogP contribution in [0.1, 0.15) is 74.8 Å². The molecule has 0 unspecified atom stereocenters. The highest BCUT2D eigenvalue weighted by Crippen LogP contribution is 2.44. The lowest BCUT2D eigenvalue weighted by molar-refractivity contribution is 0.125. The smallest absolute Gasteiger partial charge is 0.0717 e. The molecule has 1 heteroatoms. The largest absolute Gasteiger partial charge is 0.376 e. The van der Waals surface area contributed by atoms with Gasteiger partial charge >= 0.3 is 0 Å². The Morgan fingerprint density at radius 2 is 1.46 bits per heavy atom. The summed E-state index contributed by atoms with van der Waals surface area (Å²) in [7, 11) is 0. The fraction of sp³-hybridized carbons (Fsp3) is 0.600. The second-order valence-electron chi connectivity index (χ2n) is 8.39. The fourth-order valence-electron chi connectivity index (χ4n) is 5.02. The van der Waals surface area contributed by atoms with Gasteiger partial charge in [0.15, 0.2) is 0 Å². The third kappa shape index (κ3) is 5.33. The Morgan fingerprint density at radius 3 is 2.04 bits per heavy atom. The van der Waals surface area contributed by atoms with E-state index in [2.05, 4.69) is 43.5 Å². The molecule has 0 heterocycles. The predicted octanol–water partition coefficient (Wildman–Crippen LogP) is 7.05. The Kier molecular flexibility index (Phi) is 7.55. The zero-order valence-corrected chi connectivity index (χ0v) is 16.4. The Labute approximate surface area is 160 Å². The van der Waals surface area contributed by atoms with E-state index in [1.165, 1.54) is 62.5 Å². The van der Waals surface area contributed by atoms with Gasteiger partial charge in [0.05, 0.1) is 13.2 Å². The maximum absolute atomic E-state index is 5.66. The van der Waals surface area contributed by atoms with Crippen LogP contribution in [0.3, 0.4) is 0 Å². The van der Waals surface area contributed by atoms with E-state index in [0.29, 0.717) is 6.61 Å². The van der Waals surface area contributed by atoms with Crippen LogP contribution in [0.15, 0.2) is 49.6 Å². The van der Waals surface area contributed by atoms with Gasteiger partial charge in [0, 0.05) is 0 Å². The van der Waals surface area contributed by atoms with Gasteiger partial charge < -0.3 is 4.74 Å². The van der Waals surface area contributed by atoms with Crippen LogP contribution in [-0.4, -0.2) is 6.61 Å². The van der Waals surface area contributed by atoms with E-state index in [1.54, 1.807) is 0 Å². The van der Waals surface area contributed by atoms with Gasteiger partial charge in [-0.2, -0.15) is 0 Å². The molecule has 2 fully saturated rings. The summed E-state index contributed by atoms with van der Waals surface area (Å²) in [5, 5.41) is 0. The van der Waals surface area contributed by atoms with Crippen molar-refractivity contribution in [3.63, 3.8) is 0 Å². The monoisotopic (exact) mass is 352 g/mol. The van der Waals surface area contributed by atoms with E-state index < -0.39 is 0 Å². The Morgan fingerprint density at radius 1 is 0.846 bits per heavy atom. The highest BCUT2D eigenvalue weighted by atomic mass is 16.5. The molecule has 2 aliphatic carbocycles. The van der Waals surface area contributed by atoms with Crippen LogP contribution in [0.2, 0.25) is 0 Å². The van der Waals surface area contributed by atoms with E-state index in [-0.39, 0.29) is 0 Å². The molecule has 0 radical (unpaired) electrons. The van der Waals surface area contributed by atoms with Gasteiger partial charge in [-0.25, -0.2) is 0 Å². The molecule has 0 saturated heterocycles. The van der Waals surface area contributed by atoms with Crippen LogP contribution in [-0.2, 0) is 11.3 Å². The van der Waals surface area contributed by atoms with Crippen molar-refractivity contribution in [1.82, 2.24) is 0 Å². The van der Waals surface area contributed by atoms with Gasteiger partial charge in [0.25, 0.3) is 0 Å². The third-order valence-corrected chi connectivity index (χ3v) is 6.77. The van der Waals surface area contributed by atoms with Crippen LogP contribution >= 0.6 is 0 Å². The number of rotatable bonds is 8. The lowest BCUT2D eigenvalue weighted by atomic mass is 9.68. The van der Waals surface area contributed by atoms with Crippen molar-refractivity contribution in [2.45, 2.75) is 70.3 Å². The van der Waals surface area contributed by atoms with E-state index in [9.17, 15) is 0 Å². The molecule has 3 rings (SSSR count). The van der Waals surface area contributed by atoms with Crippen LogP contribution in [0, 0.1) is 17.8 Å². The van der Waals surface area contributed by atoms with Gasteiger partial charge in [-0.15, -0.1) is 13.2 Å². The Hall–Kier alpha value is -1.34. The zero-order valence-electron chi connectivity index (χ0n) is 16.4. The standard InChI is InChI=1S/C25H36O/c1-3-5-18-26-19-21-8-12-23(13-9-21)25-16-14-24(15-17-25)22-10-6-20(4-2)7-11-22/h3-4,8-9,12-13,20,22,24-25H,1-2,5-7,10-11,14-19H2/t20-,22-,24-,25-. The fourth-order valence-corrected chi connectivity index (χ4v) is 5.02. The van der Waals surface area contributed by atoms with Crippen LogP contribution in [0.5, 0.6) is 0 Å². The van der Waals surface area contributed by atoms with Crippen molar-refractivity contribution in [3.05, 3.63) is 60.7 Å². The maximum Gasteiger partial charge on any atom is 0.0717 e. The van der Waals surface area contributed by atoms with Crippen molar-refractivity contribution in [2.24, 2.45) is 17.8 Å². The summed E-state index contributed by atoms with van der Waals surface area (Å²) in [5.74, 6) is 3.53. The topological polar surface area (TPSA) is 9.23 Å². The third-order valence-electron chi connectivity index (χ3n) is 6.77. The van der Waals surface area contributed by atoms with Gasteiger partial charge in [-0.05, 0) is 92.6 Å². The van der Waals surface area contributed by atoms with Gasteiger partial charge in [0.1, 0.15) is 0 Å². The van der Waals surface area contributed by atoms with Crippen LogP contribution in [0.4, 0.5) is 0 Å². The molecule has 0 bridgehead atoms. The van der Waals surface area contributed by atoms with Crippen LogP contribution in [0.25, 0.3) is 0 Å². The van der Waals surface area contributed by atoms with E-state index in [4.69, 9.17) is 4.74 Å². The van der Waals surface area contributed by atoms with E-state index in [0.717, 1.165) is 36.7 Å². The number of ether oxygens (including phenoxy) is 1. The Bertz CT molecular complexity index is 542. The summed E-state index contributed by atoms with van der Waals surface area (Å²) in [6, 6.07) is 9.19. The highest BCUT2D eigenvalue weighted by molar-refractivity contribution is 5.25. The first kappa shape index (κ1) is 19.4. The molecule has 1 aromatic rings. The summed E-state index contributed by atoms with van der Waals surface area (Å²) < 4.78 is 5.66. The number of benzene rings is 1. The predicted molar refractivity (Wildman–Crippen MR) is 111 cm³/mol. The Balaban J connectivity index is 1.43. The number of allylic oxidation sites excluding steroid dienone is 1. The first-order valence-electron chi connectivity index (χ1n) is 10.7. The second kappa shape index (κ2) is 10.1. The molecule has 0 spiro atoms. The van der Waals surface area contributed by atoms with Crippen molar-refractivity contribution >= 4 is 0 Å². The zero-order chi connectivity index (χ0) is 18.2. The molecule has 142 valence electrons. The molecule has 26 heavy (non-hydrogen) atoms. The van der Waals surface area contributed by atoms with Gasteiger partial charge in [-0.3, -0.25) is 0 Å². The summed E-state index contributed by atoms with van der Waals surface area (Å²) in [5.41, 5.74) is 2.82. The average Bonchev–Trinajstić information content (AvgIpc) is 2.72. The average molecular weight is 353 g/mol. The van der Waals surface area contributed by atoms with Gasteiger partial charge in [-0.1, -0.05) is 36.4 Å². The molecule has 2 saturated carbocycles. The molecule has 1 aromatic carbocycles.